The number of unbranched alkanes of at least 4 members (excludes halogenated alkanes) is 4. The molecule has 2 aromatic carbocycles. The van der Waals surface area contributed by atoms with Gasteiger partial charge in [0.15, 0.2) is 24.8 Å². The fourth-order valence-electron chi connectivity index (χ4n) is 5.82. The van der Waals surface area contributed by atoms with Crippen molar-refractivity contribution in [3.8, 4) is 47.4 Å². The quantitative estimate of drug-likeness (QED) is 0.179. The van der Waals surface area contributed by atoms with Gasteiger partial charge in [-0.2, -0.15) is 0 Å². The van der Waals surface area contributed by atoms with Crippen molar-refractivity contribution in [3.63, 3.8) is 0 Å². The van der Waals surface area contributed by atoms with Gasteiger partial charge < -0.3 is 37.9 Å². The van der Waals surface area contributed by atoms with E-state index in [1.54, 1.807) is 12.5 Å². The van der Waals surface area contributed by atoms with Crippen LogP contribution in [-0.2, 0) is 37.9 Å². The van der Waals surface area contributed by atoms with E-state index >= 15 is 0 Å². The van der Waals surface area contributed by atoms with Gasteiger partial charge in [-0.1, -0.05) is 84.3 Å². The maximum atomic E-state index is 6.25. The highest BCUT2D eigenvalue weighted by Gasteiger charge is 2.44. The Morgan fingerprint density at radius 2 is 0.981 bits per heavy atom. The third-order valence-corrected chi connectivity index (χ3v) is 9.76. The van der Waals surface area contributed by atoms with Crippen LogP contribution in [0.15, 0.2) is 82.2 Å². The Labute approximate surface area is 323 Å². The van der Waals surface area contributed by atoms with Crippen LogP contribution in [0, 0.1) is 47.4 Å². The fraction of sp³-hybridized carbons (Fsp3) is 0.429. The smallest absolute Gasteiger partial charge is 0.184 e. The van der Waals surface area contributed by atoms with Crippen molar-refractivity contribution < 1.29 is 37.9 Å². The van der Waals surface area contributed by atoms with E-state index in [0.717, 1.165) is 58.6 Å². The number of halogens is 2. The molecule has 4 aliphatic heterocycles. The molecule has 0 aromatic heterocycles. The summed E-state index contributed by atoms with van der Waals surface area (Å²) in [6.07, 6.45) is 5.38. The Bertz CT molecular complexity index is 1640. The number of ether oxygens (including phenoxy) is 8. The van der Waals surface area contributed by atoms with Gasteiger partial charge in [0.2, 0.25) is 0 Å². The van der Waals surface area contributed by atoms with E-state index in [1.165, 1.54) is 0 Å². The van der Waals surface area contributed by atoms with Crippen LogP contribution in [0.1, 0.15) is 62.2 Å². The van der Waals surface area contributed by atoms with Gasteiger partial charge >= 0.3 is 0 Å². The van der Waals surface area contributed by atoms with Gasteiger partial charge in [0, 0.05) is 36.8 Å². The lowest BCUT2D eigenvalue weighted by Gasteiger charge is -2.41. The zero-order valence-corrected chi connectivity index (χ0v) is 31.8. The van der Waals surface area contributed by atoms with Crippen molar-refractivity contribution >= 4 is 31.9 Å². The maximum Gasteiger partial charge on any atom is 0.184 e. The Morgan fingerprint density at radius 3 is 1.42 bits per heavy atom. The second-order valence-corrected chi connectivity index (χ2v) is 14.0. The maximum absolute atomic E-state index is 6.25. The van der Waals surface area contributed by atoms with Crippen LogP contribution in [0.5, 0.6) is 0 Å². The van der Waals surface area contributed by atoms with Gasteiger partial charge in [0.05, 0.1) is 34.7 Å². The summed E-state index contributed by atoms with van der Waals surface area (Å²) < 4.78 is 49.6. The van der Waals surface area contributed by atoms with E-state index in [1.807, 2.05) is 60.7 Å². The Morgan fingerprint density at radius 1 is 0.558 bits per heavy atom. The third kappa shape index (κ3) is 11.0. The summed E-state index contributed by atoms with van der Waals surface area (Å²) in [6, 6.07) is 19.7. The van der Waals surface area contributed by atoms with E-state index in [-0.39, 0.29) is 49.8 Å². The molecule has 6 rings (SSSR count). The van der Waals surface area contributed by atoms with Crippen molar-refractivity contribution in [3.05, 3.63) is 93.3 Å². The van der Waals surface area contributed by atoms with Gasteiger partial charge in [-0.05, 0) is 56.5 Å². The second kappa shape index (κ2) is 20.6. The Kier molecular flexibility index (Phi) is 15.2. The van der Waals surface area contributed by atoms with E-state index < -0.39 is 12.6 Å². The first-order chi connectivity index (χ1) is 25.7. The molecule has 2 fully saturated rings. The summed E-state index contributed by atoms with van der Waals surface area (Å²) in [5, 5.41) is 0. The normalized spacial score (nSPS) is 27.3. The summed E-state index contributed by atoms with van der Waals surface area (Å²) >= 11 is 7.13. The lowest BCUT2D eigenvalue weighted by Crippen LogP contribution is -2.51. The fourth-order valence-corrected chi connectivity index (χ4v) is 6.82. The molecule has 0 unspecified atom stereocenters. The summed E-state index contributed by atoms with van der Waals surface area (Å²) in [5.41, 5.74) is 1.92. The average molecular weight is 833 g/mol. The van der Waals surface area contributed by atoms with Gasteiger partial charge in [-0.3, -0.25) is 0 Å². The lowest BCUT2D eigenvalue weighted by atomic mass is 10.0. The minimum Gasteiger partial charge on any atom is -0.492 e. The van der Waals surface area contributed by atoms with Crippen molar-refractivity contribution in [1.29, 1.82) is 0 Å². The summed E-state index contributed by atoms with van der Waals surface area (Å²) in [4.78, 5) is 0. The van der Waals surface area contributed by atoms with Crippen molar-refractivity contribution in [1.82, 2.24) is 0 Å². The molecule has 0 spiro atoms. The molecule has 0 radical (unpaired) electrons. The highest BCUT2D eigenvalue weighted by atomic mass is 79.9. The molecule has 2 saturated heterocycles. The molecule has 10 heteroatoms. The van der Waals surface area contributed by atoms with Crippen LogP contribution in [-0.4, -0.2) is 63.1 Å². The summed E-state index contributed by atoms with van der Waals surface area (Å²) in [7, 11) is 0. The van der Waals surface area contributed by atoms with Crippen LogP contribution in [0.4, 0.5) is 0 Å². The zero-order valence-electron chi connectivity index (χ0n) is 28.6. The van der Waals surface area contributed by atoms with Crippen LogP contribution >= 0.6 is 31.9 Å². The molecule has 4 aliphatic rings. The summed E-state index contributed by atoms with van der Waals surface area (Å²) in [5.74, 6) is 24.7. The number of rotatable bonds is 10. The number of fused-ring (bicyclic) bond motifs is 2. The van der Waals surface area contributed by atoms with Crippen LogP contribution in [0.2, 0.25) is 0 Å². The van der Waals surface area contributed by atoms with E-state index in [0.29, 0.717) is 13.2 Å². The van der Waals surface area contributed by atoms with E-state index in [2.05, 4.69) is 79.2 Å². The van der Waals surface area contributed by atoms with E-state index in [9.17, 15) is 0 Å². The van der Waals surface area contributed by atoms with Crippen molar-refractivity contribution in [2.45, 2.75) is 87.7 Å². The molecule has 52 heavy (non-hydrogen) atoms. The predicted octanol–water partition coefficient (Wildman–Crippen LogP) is 7.61. The molecule has 0 bridgehead atoms. The number of hydrogen-bond donors (Lipinski definition) is 0. The molecule has 4 heterocycles. The molecule has 8 atom stereocenters. The standard InChI is InChI=1S/C42H40Br2O8/c43-33-27-47-35-29-49-41(31-21-15-13-16-22-31)51-39(35)37(33)45-25-19-11-9-7-5-3-1-2-4-6-8-10-12-20-26-46-38-34(44)28-48-36-30-50-42(52-40(36)38)32-23-17-14-18-24-32/h13-18,21-24,27-28,35-42H,5-10,25-26,29-30H2/t35-,36-,37-,38-,39-,40-,41-,42-/m1/s1. The van der Waals surface area contributed by atoms with Crippen molar-refractivity contribution in [2.75, 3.05) is 26.4 Å². The molecular weight excluding hydrogens is 792 g/mol. The third-order valence-electron chi connectivity index (χ3n) is 8.48. The van der Waals surface area contributed by atoms with Crippen LogP contribution in [0.25, 0.3) is 0 Å². The van der Waals surface area contributed by atoms with Gasteiger partial charge in [0.25, 0.3) is 0 Å². The topological polar surface area (TPSA) is 73.8 Å². The molecule has 0 saturated carbocycles. The number of benzene rings is 2. The van der Waals surface area contributed by atoms with Gasteiger partial charge in [-0.25, -0.2) is 0 Å². The number of hydrogen-bond acceptors (Lipinski definition) is 8. The molecule has 270 valence electrons. The largest absolute Gasteiger partial charge is 0.492 e. The lowest BCUT2D eigenvalue weighted by molar-refractivity contribution is -0.279. The first-order valence-corrected chi connectivity index (χ1v) is 19.0. The van der Waals surface area contributed by atoms with Gasteiger partial charge in [-0.15, -0.1) is 11.8 Å². The average Bonchev–Trinajstić information content (AvgIpc) is 3.19. The highest BCUT2D eigenvalue weighted by Crippen LogP contribution is 2.37. The monoisotopic (exact) mass is 830 g/mol. The van der Waals surface area contributed by atoms with E-state index in [4.69, 9.17) is 37.9 Å². The minimum absolute atomic E-state index is 0.240. The molecule has 0 N–H and O–H groups in total. The zero-order chi connectivity index (χ0) is 35.8. The first-order valence-electron chi connectivity index (χ1n) is 17.4. The second-order valence-electron chi connectivity index (χ2n) is 12.2. The highest BCUT2D eigenvalue weighted by molar-refractivity contribution is 9.12. The SMILES string of the molecule is BrC1=CO[C@@H]2CO[C@@H](c3ccccc3)O[C@H]2[C@@H]1OCC#CCCCC#CC#CCCCC#CCO[C@@H]1C(Br)=CO[C@@H]2CO[C@@H](c3ccccc3)O[C@@H]12. The predicted molar refractivity (Wildman–Crippen MR) is 202 cm³/mol. The van der Waals surface area contributed by atoms with Crippen molar-refractivity contribution in [2.24, 2.45) is 0 Å². The first kappa shape index (κ1) is 38.2. The molecule has 0 aliphatic carbocycles. The molecule has 2 aromatic rings. The van der Waals surface area contributed by atoms with Gasteiger partial charge in [0.1, 0.15) is 37.6 Å². The van der Waals surface area contributed by atoms with Crippen LogP contribution < -0.4 is 0 Å². The molecule has 8 nitrogen and oxygen atoms in total. The Balaban J connectivity index is 0.820. The Hall–Kier alpha value is -3.52. The molecule has 0 amide bonds. The molecular formula is C42H40Br2O8. The van der Waals surface area contributed by atoms with Crippen LogP contribution in [0.3, 0.4) is 0 Å². The minimum atomic E-state index is -0.463. The summed E-state index contributed by atoms with van der Waals surface area (Å²) in [6.45, 7) is 1.42.